The number of benzene rings is 3. The van der Waals surface area contributed by atoms with Crippen molar-refractivity contribution in [1.29, 1.82) is 0 Å². The highest BCUT2D eigenvalue weighted by molar-refractivity contribution is 9.10. The fourth-order valence-corrected chi connectivity index (χ4v) is 9.32. The van der Waals surface area contributed by atoms with Gasteiger partial charge in [0.1, 0.15) is 0 Å². The van der Waals surface area contributed by atoms with Crippen molar-refractivity contribution in [2.75, 3.05) is 16.4 Å². The van der Waals surface area contributed by atoms with Crippen molar-refractivity contribution in [2.24, 2.45) is 5.92 Å². The molecule has 2 aliphatic heterocycles. The zero-order valence-electron chi connectivity index (χ0n) is 22.2. The molecule has 1 fully saturated rings. The zero-order valence-corrected chi connectivity index (χ0v) is 24.8. The molecule has 0 aromatic heterocycles. The molecule has 0 radical (unpaired) electrons. The first kappa shape index (κ1) is 27.7. The highest BCUT2D eigenvalue weighted by Crippen LogP contribution is 2.60. The van der Waals surface area contributed by atoms with Crippen LogP contribution in [0.4, 0.5) is 21.2 Å². The van der Waals surface area contributed by atoms with Crippen molar-refractivity contribution in [3.63, 3.8) is 0 Å². The molecule has 2 amide bonds. The molecule has 204 valence electrons. The highest BCUT2D eigenvalue weighted by atomic mass is 79.9. The number of halogens is 2. The van der Waals surface area contributed by atoms with E-state index in [1.807, 2.05) is 79.7 Å². The number of carbonyl (C=O) groups is 2. The number of aliphatic hydroxyl groups excluding tert-OH is 1. The van der Waals surface area contributed by atoms with Crippen LogP contribution < -0.4 is 9.80 Å². The topological polar surface area (TPSA) is 70.1 Å². The van der Waals surface area contributed by atoms with Crippen LogP contribution in [0.2, 0.25) is 18.6 Å². The summed E-state index contributed by atoms with van der Waals surface area (Å²) in [6, 6.07) is 22.5. The predicted molar refractivity (Wildman–Crippen MR) is 156 cm³/mol. The number of hydrogen-bond acceptors (Lipinski definition) is 4. The summed E-state index contributed by atoms with van der Waals surface area (Å²) in [6.07, 6.45) is 0.495. The summed E-state index contributed by atoms with van der Waals surface area (Å²) in [4.78, 5) is 29.6. The van der Waals surface area contributed by atoms with Crippen molar-refractivity contribution in [3.05, 3.63) is 88.4 Å². The number of rotatable bonds is 8. The Balaban J connectivity index is 1.54. The van der Waals surface area contributed by atoms with Gasteiger partial charge in [-0.3, -0.25) is 14.5 Å². The molecule has 2 aliphatic rings. The molecule has 0 aliphatic carbocycles. The van der Waals surface area contributed by atoms with Gasteiger partial charge < -0.3 is 18.9 Å². The Hall–Kier alpha value is -2.85. The minimum absolute atomic E-state index is 0.140. The van der Waals surface area contributed by atoms with Gasteiger partial charge in [-0.15, -0.1) is 0 Å². The number of nitrogens with zero attached hydrogens (tertiary/aromatic N) is 2. The van der Waals surface area contributed by atoms with Crippen LogP contribution in [-0.4, -0.2) is 38.5 Å². The fraction of sp³-hybridized carbons (Fsp3) is 0.333. The molecule has 0 unspecified atom stereocenters. The minimum Gasteiger partial charge on any atom is -0.396 e. The third-order valence-electron chi connectivity index (χ3n) is 8.01. The second kappa shape index (κ2) is 10.6. The van der Waals surface area contributed by atoms with Crippen LogP contribution in [0.1, 0.15) is 24.5 Å². The first-order chi connectivity index (χ1) is 18.6. The van der Waals surface area contributed by atoms with Crippen LogP contribution in [0.3, 0.4) is 0 Å². The Bertz CT molecular complexity index is 1380. The number of carbonyl (C=O) groups excluding carboxylic acids is 2. The average molecular weight is 612 g/mol. The highest BCUT2D eigenvalue weighted by Gasteiger charge is 2.66. The minimum atomic E-state index is -3.26. The summed E-state index contributed by atoms with van der Waals surface area (Å²) < 4.78 is 23.1. The van der Waals surface area contributed by atoms with Gasteiger partial charge in [-0.25, -0.2) is 0 Å². The molecule has 0 saturated carbocycles. The van der Waals surface area contributed by atoms with Crippen molar-refractivity contribution < 1.29 is 23.5 Å². The van der Waals surface area contributed by atoms with Crippen molar-refractivity contribution >= 4 is 53.7 Å². The smallest absolute Gasteiger partial charge is 0.264 e. The molecule has 3 aromatic rings. The van der Waals surface area contributed by atoms with Gasteiger partial charge in [0.15, 0.2) is 5.60 Å². The lowest BCUT2D eigenvalue weighted by atomic mass is 9.82. The predicted octanol–water partition coefficient (Wildman–Crippen LogP) is 6.45. The van der Waals surface area contributed by atoms with E-state index in [4.69, 9.17) is 4.74 Å². The lowest BCUT2D eigenvalue weighted by Gasteiger charge is -2.31. The van der Waals surface area contributed by atoms with E-state index in [-0.39, 0.29) is 25.5 Å². The monoisotopic (exact) mass is 610 g/mol. The second-order valence-electron chi connectivity index (χ2n) is 10.8. The molecule has 1 spiro atoms. The summed E-state index contributed by atoms with van der Waals surface area (Å²) in [5.74, 6) is -0.645. The third kappa shape index (κ3) is 4.75. The standard InChI is InChI=1S/C30H32BrFN2O4Si/c1-20-28(39(2,3)32)27(14-15-35)38-30(20)25-17-22(31)12-13-26(25)33(29(30)37)18-21-8-7-11-24(16-21)34(19-36)23-9-5-4-6-10-23/h4-13,16-17,19-20,27-28,35H,14-15,18H2,1-3H3/t20-,27+,28-,30+/m1/s1. The summed E-state index contributed by atoms with van der Waals surface area (Å²) >= 11 is 3.55. The molecular weight excluding hydrogens is 579 g/mol. The second-order valence-corrected chi connectivity index (χ2v) is 15.5. The Morgan fingerprint density at radius 1 is 1.10 bits per heavy atom. The van der Waals surface area contributed by atoms with Gasteiger partial charge in [-0.2, -0.15) is 0 Å². The van der Waals surface area contributed by atoms with Crippen LogP contribution in [-0.2, 0) is 26.5 Å². The number of aliphatic hydroxyl groups is 1. The summed E-state index contributed by atoms with van der Waals surface area (Å²) in [5.41, 5.74) is 1.91. The van der Waals surface area contributed by atoms with E-state index >= 15 is 4.11 Å². The van der Waals surface area contributed by atoms with E-state index in [9.17, 15) is 14.7 Å². The van der Waals surface area contributed by atoms with Gasteiger partial charge >= 0.3 is 0 Å². The average Bonchev–Trinajstić information content (AvgIpc) is 3.32. The van der Waals surface area contributed by atoms with E-state index in [1.165, 1.54) is 0 Å². The molecule has 1 N–H and O–H groups in total. The number of anilines is 3. The molecule has 4 atom stereocenters. The van der Waals surface area contributed by atoms with E-state index in [0.717, 1.165) is 27.8 Å². The SMILES string of the molecule is C[C@@H]1[C@@H]([Si](C)(C)F)[C@H](CCO)O[C@@]12C(=O)N(Cc1cccc(N(C=O)c3ccccc3)c1)c1ccc(Br)cc12. The Labute approximate surface area is 237 Å². The lowest BCUT2D eigenvalue weighted by molar-refractivity contribution is -0.146. The lowest BCUT2D eigenvalue weighted by Crippen LogP contribution is -2.45. The van der Waals surface area contributed by atoms with Gasteiger partial charge in [-0.1, -0.05) is 53.2 Å². The number of fused-ring (bicyclic) bond motifs is 2. The number of para-hydroxylation sites is 1. The normalized spacial score (nSPS) is 24.3. The van der Waals surface area contributed by atoms with Gasteiger partial charge in [0.2, 0.25) is 14.8 Å². The maximum Gasteiger partial charge on any atom is 0.264 e. The quantitative estimate of drug-likeness (QED) is 0.181. The molecule has 2 heterocycles. The number of hydrogen-bond donors (Lipinski definition) is 1. The molecule has 3 aromatic carbocycles. The van der Waals surface area contributed by atoms with Crippen molar-refractivity contribution in [1.82, 2.24) is 0 Å². The molecular formula is C30H32BrFN2O4Si. The van der Waals surface area contributed by atoms with Crippen LogP contribution >= 0.6 is 15.9 Å². The summed E-state index contributed by atoms with van der Waals surface area (Å²) in [6.45, 7) is 5.32. The molecule has 0 bridgehead atoms. The van der Waals surface area contributed by atoms with Gasteiger partial charge in [0, 0.05) is 39.5 Å². The fourth-order valence-electron chi connectivity index (χ4n) is 6.42. The van der Waals surface area contributed by atoms with Crippen LogP contribution in [0.5, 0.6) is 0 Å². The van der Waals surface area contributed by atoms with Crippen molar-refractivity contribution in [3.8, 4) is 0 Å². The molecule has 9 heteroatoms. The molecule has 1 saturated heterocycles. The van der Waals surface area contributed by atoms with Crippen LogP contribution in [0, 0.1) is 5.92 Å². The van der Waals surface area contributed by atoms with E-state index in [1.54, 1.807) is 22.9 Å². The Morgan fingerprint density at radius 2 is 1.82 bits per heavy atom. The first-order valence-electron chi connectivity index (χ1n) is 13.1. The first-order valence-corrected chi connectivity index (χ1v) is 16.8. The summed E-state index contributed by atoms with van der Waals surface area (Å²) in [7, 11) is -3.26. The maximum absolute atomic E-state index is 15.7. The number of amides is 2. The maximum atomic E-state index is 15.7. The van der Waals surface area contributed by atoms with Gasteiger partial charge in [-0.05, 0) is 67.5 Å². The molecule has 5 rings (SSSR count). The van der Waals surface area contributed by atoms with Gasteiger partial charge in [0.05, 0.1) is 18.3 Å². The Morgan fingerprint density at radius 3 is 2.49 bits per heavy atom. The van der Waals surface area contributed by atoms with Crippen molar-refractivity contribution in [2.45, 2.75) is 50.2 Å². The van der Waals surface area contributed by atoms with Gasteiger partial charge in [0.25, 0.3) is 5.91 Å². The van der Waals surface area contributed by atoms with Crippen LogP contribution in [0.25, 0.3) is 0 Å². The molecule has 6 nitrogen and oxygen atoms in total. The van der Waals surface area contributed by atoms with Crippen LogP contribution in [0.15, 0.2) is 77.3 Å². The van der Waals surface area contributed by atoms with E-state index < -0.39 is 31.6 Å². The third-order valence-corrected chi connectivity index (χ3v) is 11.0. The number of ether oxygens (including phenoxy) is 1. The Kier molecular flexibility index (Phi) is 7.54. The van der Waals surface area contributed by atoms with E-state index in [2.05, 4.69) is 15.9 Å². The zero-order chi connectivity index (χ0) is 27.9. The largest absolute Gasteiger partial charge is 0.396 e. The summed E-state index contributed by atoms with van der Waals surface area (Å²) in [5, 5.41) is 9.73. The van der Waals surface area contributed by atoms with E-state index in [0.29, 0.717) is 11.3 Å². The molecule has 39 heavy (non-hydrogen) atoms.